The lowest BCUT2D eigenvalue weighted by Gasteiger charge is -2.13. The summed E-state index contributed by atoms with van der Waals surface area (Å²) in [5.74, 6) is 0.989. The van der Waals surface area contributed by atoms with Crippen molar-refractivity contribution in [3.63, 3.8) is 0 Å². The van der Waals surface area contributed by atoms with Crippen molar-refractivity contribution in [2.75, 3.05) is 11.9 Å². The number of hydrogen-bond donors (Lipinski definition) is 4. The summed E-state index contributed by atoms with van der Waals surface area (Å²) in [7, 11) is 1.74. The van der Waals surface area contributed by atoms with Gasteiger partial charge in [0.05, 0.1) is 23.6 Å². The van der Waals surface area contributed by atoms with Crippen molar-refractivity contribution in [1.82, 2.24) is 19.7 Å². The SMILES string of the molecule is CCCc1nn(C)c2c(=O)[nH]c(-c3cc(N/C(N)=N/C(N)=Nc4ccccc4)ccc3OCC)nc12. The van der Waals surface area contributed by atoms with Crippen molar-refractivity contribution in [2.45, 2.75) is 26.7 Å². The Balaban J connectivity index is 1.71. The minimum Gasteiger partial charge on any atom is -0.493 e. The van der Waals surface area contributed by atoms with E-state index in [4.69, 9.17) is 21.2 Å². The third kappa shape index (κ3) is 5.35. The van der Waals surface area contributed by atoms with Crippen LogP contribution in [0.1, 0.15) is 26.0 Å². The minimum atomic E-state index is -0.279. The second kappa shape index (κ2) is 10.7. The molecule has 11 nitrogen and oxygen atoms in total. The number of nitrogens with zero attached hydrogens (tertiary/aromatic N) is 5. The van der Waals surface area contributed by atoms with Crippen molar-refractivity contribution in [3.8, 4) is 17.1 Å². The van der Waals surface area contributed by atoms with E-state index in [0.717, 1.165) is 12.1 Å². The number of para-hydroxylation sites is 1. The number of H-pyrrole nitrogens is 1. The van der Waals surface area contributed by atoms with Crippen LogP contribution < -0.4 is 27.1 Å². The fourth-order valence-electron chi connectivity index (χ4n) is 3.81. The summed E-state index contributed by atoms with van der Waals surface area (Å²) in [6, 6.07) is 14.5. The molecule has 0 atom stereocenters. The van der Waals surface area contributed by atoms with Gasteiger partial charge in [-0.25, -0.2) is 9.98 Å². The average Bonchev–Trinajstić information content (AvgIpc) is 3.16. The molecule has 0 saturated heterocycles. The van der Waals surface area contributed by atoms with E-state index in [1.54, 1.807) is 29.9 Å². The van der Waals surface area contributed by atoms with Gasteiger partial charge >= 0.3 is 0 Å². The molecular weight excluding hydrogens is 458 g/mol. The number of guanidine groups is 2. The number of nitrogens with two attached hydrogens (primary N) is 2. The van der Waals surface area contributed by atoms with Crippen LogP contribution in [-0.2, 0) is 13.5 Å². The van der Waals surface area contributed by atoms with Gasteiger partial charge in [0.25, 0.3) is 5.56 Å². The molecule has 0 spiro atoms. The number of benzene rings is 2. The summed E-state index contributed by atoms with van der Waals surface area (Å²) < 4.78 is 7.37. The highest BCUT2D eigenvalue weighted by molar-refractivity contribution is 6.01. The van der Waals surface area contributed by atoms with Gasteiger partial charge in [-0.1, -0.05) is 31.5 Å². The number of ether oxygens (including phenoxy) is 1. The van der Waals surface area contributed by atoms with Gasteiger partial charge in [0.15, 0.2) is 5.52 Å². The second-order valence-corrected chi connectivity index (χ2v) is 8.00. The molecule has 0 bridgehead atoms. The van der Waals surface area contributed by atoms with Crippen LogP contribution in [0, 0.1) is 0 Å². The standard InChI is InChI=1S/C25H29N9O2/c1-4-9-18-20-21(34(3)33-18)23(35)31-22(30-20)17-14-16(12-13-19(17)36-5-2)29-25(27)32-24(26)28-15-10-7-6-8-11-15/h6-8,10-14H,4-5,9H2,1-3H3,(H,30,31,35)(H5,26,27,28,29,32). The van der Waals surface area contributed by atoms with E-state index in [1.165, 1.54) is 0 Å². The van der Waals surface area contributed by atoms with Gasteiger partial charge in [-0.2, -0.15) is 10.1 Å². The molecule has 186 valence electrons. The highest BCUT2D eigenvalue weighted by atomic mass is 16.5. The molecule has 0 saturated carbocycles. The van der Waals surface area contributed by atoms with Crippen LogP contribution in [0.3, 0.4) is 0 Å². The first-order valence-electron chi connectivity index (χ1n) is 11.6. The first kappa shape index (κ1) is 24.5. The zero-order chi connectivity index (χ0) is 25.7. The Kier molecular flexibility index (Phi) is 7.28. The summed E-state index contributed by atoms with van der Waals surface area (Å²) in [6.07, 6.45) is 1.60. The van der Waals surface area contributed by atoms with E-state index in [2.05, 4.69) is 32.3 Å². The van der Waals surface area contributed by atoms with Crippen molar-refractivity contribution >= 4 is 34.3 Å². The predicted octanol–water partition coefficient (Wildman–Crippen LogP) is 3.05. The molecule has 6 N–H and O–H groups in total. The molecule has 36 heavy (non-hydrogen) atoms. The molecule has 4 rings (SSSR count). The van der Waals surface area contributed by atoms with Crippen LogP contribution in [0.15, 0.2) is 63.3 Å². The Labute approximate surface area is 207 Å². The first-order valence-corrected chi connectivity index (χ1v) is 11.6. The zero-order valence-electron chi connectivity index (χ0n) is 20.4. The lowest BCUT2D eigenvalue weighted by Crippen LogP contribution is -2.26. The van der Waals surface area contributed by atoms with Gasteiger partial charge < -0.3 is 26.5 Å². The fraction of sp³-hybridized carbons (Fsp3) is 0.240. The molecule has 2 aromatic heterocycles. The Hall–Kier alpha value is -4.67. The van der Waals surface area contributed by atoms with Crippen molar-refractivity contribution < 1.29 is 4.74 Å². The summed E-state index contributed by atoms with van der Waals surface area (Å²) in [4.78, 5) is 28.9. The molecule has 0 unspecified atom stereocenters. The van der Waals surface area contributed by atoms with Gasteiger partial charge in [0, 0.05) is 12.7 Å². The largest absolute Gasteiger partial charge is 0.493 e. The number of aromatic nitrogens is 4. The normalized spacial score (nSPS) is 12.2. The maximum absolute atomic E-state index is 12.9. The Morgan fingerprint density at radius 3 is 2.67 bits per heavy atom. The predicted molar refractivity (Wildman–Crippen MR) is 143 cm³/mol. The number of hydrogen-bond acceptors (Lipinski definition) is 5. The number of rotatable bonds is 7. The Morgan fingerprint density at radius 1 is 1.17 bits per heavy atom. The Bertz CT molecular complexity index is 1490. The van der Waals surface area contributed by atoms with E-state index in [9.17, 15) is 4.79 Å². The van der Waals surface area contributed by atoms with E-state index in [0.29, 0.717) is 52.6 Å². The summed E-state index contributed by atoms with van der Waals surface area (Å²) in [5.41, 5.74) is 15.3. The summed E-state index contributed by atoms with van der Waals surface area (Å²) in [6.45, 7) is 4.38. The van der Waals surface area contributed by atoms with E-state index in [1.807, 2.05) is 37.3 Å². The third-order valence-electron chi connectivity index (χ3n) is 5.29. The molecule has 0 radical (unpaired) electrons. The minimum absolute atomic E-state index is 0.00818. The summed E-state index contributed by atoms with van der Waals surface area (Å²) in [5, 5.41) is 7.48. The molecule has 2 aromatic carbocycles. The summed E-state index contributed by atoms with van der Waals surface area (Å²) >= 11 is 0. The van der Waals surface area contributed by atoms with Crippen LogP contribution >= 0.6 is 0 Å². The fourth-order valence-corrected chi connectivity index (χ4v) is 3.81. The number of aryl methyl sites for hydroxylation is 2. The smallest absolute Gasteiger partial charge is 0.277 e. The number of fused-ring (bicyclic) bond motifs is 1. The molecule has 11 heteroatoms. The van der Waals surface area contributed by atoms with E-state index < -0.39 is 0 Å². The van der Waals surface area contributed by atoms with Crippen molar-refractivity contribution in [3.05, 3.63) is 64.6 Å². The van der Waals surface area contributed by atoms with E-state index in [-0.39, 0.29) is 17.5 Å². The maximum Gasteiger partial charge on any atom is 0.277 e. The lowest BCUT2D eigenvalue weighted by molar-refractivity contribution is 0.341. The molecule has 0 aliphatic carbocycles. The lowest BCUT2D eigenvalue weighted by atomic mass is 10.1. The van der Waals surface area contributed by atoms with Crippen LogP contribution in [0.5, 0.6) is 5.75 Å². The van der Waals surface area contributed by atoms with Crippen LogP contribution in [0.2, 0.25) is 0 Å². The van der Waals surface area contributed by atoms with Gasteiger partial charge in [0.1, 0.15) is 17.1 Å². The molecule has 0 amide bonds. The Morgan fingerprint density at radius 2 is 1.94 bits per heavy atom. The maximum atomic E-state index is 12.9. The quantitative estimate of drug-likeness (QED) is 0.230. The molecule has 0 fully saturated rings. The third-order valence-corrected chi connectivity index (χ3v) is 5.29. The first-order chi connectivity index (χ1) is 17.4. The molecule has 0 aliphatic heterocycles. The molecule has 0 aliphatic rings. The van der Waals surface area contributed by atoms with Crippen LogP contribution in [-0.4, -0.2) is 38.3 Å². The van der Waals surface area contributed by atoms with Gasteiger partial charge in [0.2, 0.25) is 11.9 Å². The van der Waals surface area contributed by atoms with Gasteiger partial charge in [-0.05, 0) is 43.7 Å². The van der Waals surface area contributed by atoms with Gasteiger partial charge in [-0.15, -0.1) is 0 Å². The number of anilines is 1. The molecule has 4 aromatic rings. The molecular formula is C25H29N9O2. The number of aromatic amines is 1. The van der Waals surface area contributed by atoms with Gasteiger partial charge in [-0.3, -0.25) is 9.48 Å². The van der Waals surface area contributed by atoms with Crippen molar-refractivity contribution in [1.29, 1.82) is 0 Å². The molecule has 2 heterocycles. The number of nitrogens with one attached hydrogen (secondary N) is 2. The van der Waals surface area contributed by atoms with Crippen LogP contribution in [0.4, 0.5) is 11.4 Å². The van der Waals surface area contributed by atoms with E-state index >= 15 is 0 Å². The average molecular weight is 488 g/mol. The highest BCUT2D eigenvalue weighted by Gasteiger charge is 2.18. The van der Waals surface area contributed by atoms with Crippen molar-refractivity contribution in [2.24, 2.45) is 28.5 Å². The highest BCUT2D eigenvalue weighted by Crippen LogP contribution is 2.31. The van der Waals surface area contributed by atoms with Crippen LogP contribution in [0.25, 0.3) is 22.4 Å². The second-order valence-electron chi connectivity index (χ2n) is 8.00. The number of aliphatic imine (C=N–C) groups is 2. The topological polar surface area (TPSA) is 162 Å². The monoisotopic (exact) mass is 487 g/mol. The zero-order valence-corrected chi connectivity index (χ0v) is 20.4.